The normalized spacial score (nSPS) is 10.7. The second-order valence-electron chi connectivity index (χ2n) is 3.88. The lowest BCUT2D eigenvalue weighted by Crippen LogP contribution is -2.38. The fourth-order valence-corrected chi connectivity index (χ4v) is 2.27. The van der Waals surface area contributed by atoms with Gasteiger partial charge in [0.15, 0.2) is 0 Å². The minimum absolute atomic E-state index is 0.0496. The average Bonchev–Trinajstić information content (AvgIpc) is 2.24. The standard InChI is InChI=1S/C12H14Cl3NO/c1-8(2)16(7-6-13)12(17)11-9(14)4-3-5-10(11)15/h3-5,8H,6-7H2,1-2H3. The first kappa shape index (κ1) is 14.6. The lowest BCUT2D eigenvalue weighted by molar-refractivity contribution is 0.0718. The van der Waals surface area contributed by atoms with E-state index in [0.717, 1.165) is 0 Å². The summed E-state index contributed by atoms with van der Waals surface area (Å²) >= 11 is 17.7. The van der Waals surface area contributed by atoms with Gasteiger partial charge in [-0.3, -0.25) is 4.79 Å². The summed E-state index contributed by atoms with van der Waals surface area (Å²) < 4.78 is 0. The van der Waals surface area contributed by atoms with Crippen molar-refractivity contribution in [2.45, 2.75) is 19.9 Å². The Bertz CT molecular complexity index is 386. The van der Waals surface area contributed by atoms with Gasteiger partial charge in [-0.05, 0) is 26.0 Å². The van der Waals surface area contributed by atoms with Crippen LogP contribution in [0.5, 0.6) is 0 Å². The van der Waals surface area contributed by atoms with Gasteiger partial charge in [0.25, 0.3) is 5.91 Å². The van der Waals surface area contributed by atoms with Crippen LogP contribution >= 0.6 is 34.8 Å². The quantitative estimate of drug-likeness (QED) is 0.766. The first-order chi connectivity index (χ1) is 7.99. The zero-order valence-electron chi connectivity index (χ0n) is 9.71. The van der Waals surface area contributed by atoms with Crippen molar-refractivity contribution in [1.82, 2.24) is 4.90 Å². The highest BCUT2D eigenvalue weighted by molar-refractivity contribution is 6.39. The van der Waals surface area contributed by atoms with Gasteiger partial charge in [0, 0.05) is 18.5 Å². The van der Waals surface area contributed by atoms with Crippen LogP contribution < -0.4 is 0 Å². The summed E-state index contributed by atoms with van der Waals surface area (Å²) in [4.78, 5) is 14.0. The van der Waals surface area contributed by atoms with Crippen molar-refractivity contribution in [2.75, 3.05) is 12.4 Å². The van der Waals surface area contributed by atoms with Gasteiger partial charge in [-0.2, -0.15) is 0 Å². The van der Waals surface area contributed by atoms with E-state index in [9.17, 15) is 4.79 Å². The Morgan fingerprint density at radius 2 is 1.82 bits per heavy atom. The Labute approximate surface area is 116 Å². The molecule has 0 aliphatic carbocycles. The molecule has 94 valence electrons. The maximum Gasteiger partial charge on any atom is 0.257 e. The maximum atomic E-state index is 12.3. The molecule has 0 aliphatic rings. The summed E-state index contributed by atoms with van der Waals surface area (Å²) in [5.41, 5.74) is 0.342. The summed E-state index contributed by atoms with van der Waals surface area (Å²) in [5, 5.41) is 0.727. The van der Waals surface area contributed by atoms with E-state index in [4.69, 9.17) is 34.8 Å². The van der Waals surface area contributed by atoms with Crippen molar-refractivity contribution in [3.05, 3.63) is 33.8 Å². The minimum atomic E-state index is -0.184. The Balaban J connectivity index is 3.09. The predicted octanol–water partition coefficient (Wildman–Crippen LogP) is 4.08. The molecule has 1 aromatic carbocycles. The van der Waals surface area contributed by atoms with Crippen molar-refractivity contribution in [2.24, 2.45) is 0 Å². The Hall–Kier alpha value is -0.440. The smallest absolute Gasteiger partial charge is 0.257 e. The Morgan fingerprint density at radius 1 is 1.29 bits per heavy atom. The summed E-state index contributed by atoms with van der Waals surface area (Å²) in [6.07, 6.45) is 0. The van der Waals surface area contributed by atoms with Crippen molar-refractivity contribution >= 4 is 40.7 Å². The third kappa shape index (κ3) is 3.51. The van der Waals surface area contributed by atoms with E-state index in [1.807, 2.05) is 13.8 Å². The highest BCUT2D eigenvalue weighted by Gasteiger charge is 2.22. The van der Waals surface area contributed by atoms with Crippen molar-refractivity contribution < 1.29 is 4.79 Å². The molecule has 5 heteroatoms. The molecule has 0 fully saturated rings. The van der Waals surface area contributed by atoms with E-state index in [1.165, 1.54) is 0 Å². The number of hydrogen-bond acceptors (Lipinski definition) is 1. The fraction of sp³-hybridized carbons (Fsp3) is 0.417. The fourth-order valence-electron chi connectivity index (χ4n) is 1.53. The van der Waals surface area contributed by atoms with Crippen LogP contribution in [0.4, 0.5) is 0 Å². The molecule has 0 heterocycles. The third-order valence-electron chi connectivity index (χ3n) is 2.39. The van der Waals surface area contributed by atoms with E-state index in [0.29, 0.717) is 28.0 Å². The molecule has 1 aromatic rings. The molecule has 1 rings (SSSR count). The number of carbonyl (C=O) groups excluding carboxylic acids is 1. The van der Waals surface area contributed by atoms with Gasteiger partial charge in [-0.1, -0.05) is 29.3 Å². The minimum Gasteiger partial charge on any atom is -0.335 e. The van der Waals surface area contributed by atoms with Gasteiger partial charge in [0.2, 0.25) is 0 Å². The number of alkyl halides is 1. The van der Waals surface area contributed by atoms with Crippen LogP contribution in [0.15, 0.2) is 18.2 Å². The number of amides is 1. The molecular weight excluding hydrogens is 280 g/mol. The van der Waals surface area contributed by atoms with Crippen LogP contribution in [0.25, 0.3) is 0 Å². The topological polar surface area (TPSA) is 20.3 Å². The molecule has 0 spiro atoms. The number of benzene rings is 1. The van der Waals surface area contributed by atoms with E-state index >= 15 is 0 Å². The second kappa shape index (κ2) is 6.48. The van der Waals surface area contributed by atoms with E-state index < -0.39 is 0 Å². The lowest BCUT2D eigenvalue weighted by Gasteiger charge is -2.26. The van der Waals surface area contributed by atoms with E-state index in [2.05, 4.69) is 0 Å². The zero-order valence-corrected chi connectivity index (χ0v) is 12.0. The van der Waals surface area contributed by atoms with Crippen LogP contribution in [0.3, 0.4) is 0 Å². The highest BCUT2D eigenvalue weighted by atomic mass is 35.5. The highest BCUT2D eigenvalue weighted by Crippen LogP contribution is 2.26. The molecule has 17 heavy (non-hydrogen) atoms. The van der Waals surface area contributed by atoms with Crippen LogP contribution in [0.2, 0.25) is 10.0 Å². The number of nitrogens with zero attached hydrogens (tertiary/aromatic N) is 1. The molecule has 0 saturated carbocycles. The largest absolute Gasteiger partial charge is 0.335 e. The molecule has 0 bridgehead atoms. The number of carbonyl (C=O) groups is 1. The first-order valence-electron chi connectivity index (χ1n) is 5.30. The van der Waals surface area contributed by atoms with Crippen molar-refractivity contribution in [3.63, 3.8) is 0 Å². The number of halogens is 3. The molecule has 1 amide bonds. The third-order valence-corrected chi connectivity index (χ3v) is 3.19. The molecule has 0 unspecified atom stereocenters. The molecule has 0 aromatic heterocycles. The zero-order chi connectivity index (χ0) is 13.0. The van der Waals surface area contributed by atoms with Gasteiger partial charge < -0.3 is 4.90 Å². The van der Waals surface area contributed by atoms with Crippen LogP contribution in [0, 0.1) is 0 Å². The van der Waals surface area contributed by atoms with Gasteiger partial charge in [0.05, 0.1) is 15.6 Å². The summed E-state index contributed by atoms with van der Waals surface area (Å²) in [6, 6.07) is 5.07. The van der Waals surface area contributed by atoms with Crippen LogP contribution in [-0.4, -0.2) is 29.3 Å². The second-order valence-corrected chi connectivity index (χ2v) is 5.07. The average molecular weight is 295 g/mol. The monoisotopic (exact) mass is 293 g/mol. The maximum absolute atomic E-state index is 12.3. The van der Waals surface area contributed by atoms with E-state index in [1.54, 1.807) is 23.1 Å². The van der Waals surface area contributed by atoms with Gasteiger partial charge in [0.1, 0.15) is 0 Å². The number of rotatable bonds is 4. The summed E-state index contributed by atoms with van der Waals surface area (Å²) in [7, 11) is 0. The van der Waals surface area contributed by atoms with Crippen molar-refractivity contribution in [3.8, 4) is 0 Å². The van der Waals surface area contributed by atoms with Gasteiger partial charge >= 0.3 is 0 Å². The summed E-state index contributed by atoms with van der Waals surface area (Å²) in [6.45, 7) is 4.32. The molecule has 0 atom stereocenters. The molecular formula is C12H14Cl3NO. The van der Waals surface area contributed by atoms with Crippen LogP contribution in [-0.2, 0) is 0 Å². The van der Waals surface area contributed by atoms with E-state index in [-0.39, 0.29) is 11.9 Å². The molecule has 0 aliphatic heterocycles. The molecule has 0 N–H and O–H groups in total. The molecule has 2 nitrogen and oxygen atoms in total. The molecule has 0 radical (unpaired) electrons. The van der Waals surface area contributed by atoms with Crippen molar-refractivity contribution in [1.29, 1.82) is 0 Å². The Kier molecular flexibility index (Phi) is 5.57. The first-order valence-corrected chi connectivity index (χ1v) is 6.59. The predicted molar refractivity (Wildman–Crippen MR) is 73.4 cm³/mol. The Morgan fingerprint density at radius 3 is 2.24 bits per heavy atom. The van der Waals surface area contributed by atoms with Crippen LogP contribution in [0.1, 0.15) is 24.2 Å². The summed E-state index contributed by atoms with van der Waals surface area (Å²) in [5.74, 6) is 0.197. The number of hydrogen-bond donors (Lipinski definition) is 0. The van der Waals surface area contributed by atoms with Gasteiger partial charge in [-0.15, -0.1) is 11.6 Å². The van der Waals surface area contributed by atoms with Gasteiger partial charge in [-0.25, -0.2) is 0 Å². The lowest BCUT2D eigenvalue weighted by atomic mass is 10.1. The molecule has 0 saturated heterocycles. The SMILES string of the molecule is CC(C)N(CCCl)C(=O)c1c(Cl)cccc1Cl.